The monoisotopic (exact) mass is 173 g/mol. The zero-order chi connectivity index (χ0) is 8.97. The van der Waals surface area contributed by atoms with E-state index in [2.05, 4.69) is 5.32 Å². The molecule has 5 heteroatoms. The van der Waals surface area contributed by atoms with E-state index in [9.17, 15) is 0 Å². The number of hydrogen-bond donors (Lipinski definition) is 3. The number of ether oxygens (including phenoxy) is 1. The smallest absolute Gasteiger partial charge is 0.427 e. The van der Waals surface area contributed by atoms with Gasteiger partial charge in [-0.2, -0.15) is 0 Å². The summed E-state index contributed by atoms with van der Waals surface area (Å²) < 4.78 is 5.34. The molecule has 0 amide bonds. The van der Waals surface area contributed by atoms with Crippen LogP contribution in [0.3, 0.4) is 0 Å². The molecule has 2 atom stereocenters. The topological polar surface area (TPSA) is 61.7 Å². The van der Waals surface area contributed by atoms with Crippen LogP contribution in [0.2, 0.25) is 5.82 Å². The molecule has 0 saturated carbocycles. The van der Waals surface area contributed by atoms with Gasteiger partial charge in [0.2, 0.25) is 0 Å². The van der Waals surface area contributed by atoms with Crippen molar-refractivity contribution in [1.82, 2.24) is 5.32 Å². The van der Waals surface area contributed by atoms with Gasteiger partial charge in [0.05, 0.1) is 0 Å². The van der Waals surface area contributed by atoms with Crippen LogP contribution in [0.1, 0.15) is 19.8 Å². The van der Waals surface area contributed by atoms with E-state index in [0.29, 0.717) is 13.2 Å². The summed E-state index contributed by atoms with van der Waals surface area (Å²) in [5, 5.41) is 20.8. The summed E-state index contributed by atoms with van der Waals surface area (Å²) in [5.74, 6) is -0.0401. The summed E-state index contributed by atoms with van der Waals surface area (Å²) in [7, 11) is -1.19. The third-order valence-electron chi connectivity index (χ3n) is 2.20. The number of rotatable bonds is 3. The summed E-state index contributed by atoms with van der Waals surface area (Å²) >= 11 is 0. The van der Waals surface area contributed by atoms with Crippen molar-refractivity contribution in [3.8, 4) is 0 Å². The molecule has 0 aliphatic carbocycles. The van der Waals surface area contributed by atoms with E-state index >= 15 is 0 Å². The van der Waals surface area contributed by atoms with Gasteiger partial charge in [0.25, 0.3) is 0 Å². The maximum Gasteiger partial charge on any atom is 0.456 e. The molecule has 1 aliphatic heterocycles. The number of nitrogens with one attached hydrogen (secondary N) is 1. The van der Waals surface area contributed by atoms with E-state index in [1.807, 2.05) is 6.92 Å². The van der Waals surface area contributed by atoms with Crippen molar-refractivity contribution in [3.63, 3.8) is 0 Å². The Kier molecular flexibility index (Phi) is 4.01. The molecule has 2 unspecified atom stereocenters. The molecule has 1 fully saturated rings. The van der Waals surface area contributed by atoms with Crippen molar-refractivity contribution in [2.75, 3.05) is 13.2 Å². The third-order valence-corrected chi connectivity index (χ3v) is 2.20. The Hall–Kier alpha value is -0.0951. The molecule has 1 heterocycles. The molecule has 1 aliphatic rings. The molecule has 0 spiro atoms. The van der Waals surface area contributed by atoms with Crippen LogP contribution in [-0.4, -0.2) is 36.5 Å². The van der Waals surface area contributed by atoms with Gasteiger partial charge < -0.3 is 14.8 Å². The quantitative estimate of drug-likeness (QED) is 0.507. The minimum absolute atomic E-state index is 0.0401. The highest BCUT2D eigenvalue weighted by Crippen LogP contribution is 2.20. The van der Waals surface area contributed by atoms with Crippen LogP contribution < -0.4 is 5.32 Å². The molecule has 0 radical (unpaired) electrons. The Morgan fingerprint density at radius 1 is 1.50 bits per heavy atom. The summed E-state index contributed by atoms with van der Waals surface area (Å²) in [5.41, 5.74) is 0. The zero-order valence-corrected chi connectivity index (χ0v) is 7.36. The van der Waals surface area contributed by atoms with Crippen LogP contribution in [0.4, 0.5) is 0 Å². The molecule has 3 N–H and O–H groups in total. The Morgan fingerprint density at radius 3 is 2.67 bits per heavy atom. The molecule has 70 valence electrons. The first kappa shape index (κ1) is 9.99. The van der Waals surface area contributed by atoms with Gasteiger partial charge in [-0.25, -0.2) is 0 Å². The Balaban J connectivity index is 2.20. The van der Waals surface area contributed by atoms with Crippen LogP contribution in [-0.2, 0) is 4.74 Å². The van der Waals surface area contributed by atoms with Crippen molar-refractivity contribution in [2.24, 2.45) is 0 Å². The Labute approximate surface area is 73.1 Å². The lowest BCUT2D eigenvalue weighted by molar-refractivity contribution is 0.0187. The van der Waals surface area contributed by atoms with Gasteiger partial charge in [-0.05, 0) is 26.3 Å². The van der Waals surface area contributed by atoms with Crippen molar-refractivity contribution in [1.29, 1.82) is 0 Å². The van der Waals surface area contributed by atoms with Gasteiger partial charge in [0, 0.05) is 12.4 Å². The second kappa shape index (κ2) is 4.82. The largest absolute Gasteiger partial charge is 0.456 e. The van der Waals surface area contributed by atoms with E-state index < -0.39 is 7.12 Å². The third kappa shape index (κ3) is 2.75. The minimum atomic E-state index is -1.19. The maximum atomic E-state index is 8.87. The average molecular weight is 173 g/mol. The van der Waals surface area contributed by atoms with Crippen LogP contribution in [0, 0.1) is 0 Å². The summed E-state index contributed by atoms with van der Waals surface area (Å²) in [6, 6.07) is 0. The SMILES string of the molecule is CCOC1CCC(B(O)O)CN1. The summed E-state index contributed by atoms with van der Waals surface area (Å²) in [6.45, 7) is 3.28. The number of hydrogen-bond acceptors (Lipinski definition) is 4. The fourth-order valence-electron chi connectivity index (χ4n) is 1.45. The Bertz CT molecular complexity index is 126. The number of piperidine rings is 1. The van der Waals surface area contributed by atoms with Crippen molar-refractivity contribution in [2.45, 2.75) is 31.8 Å². The maximum absolute atomic E-state index is 8.87. The molecule has 0 aromatic rings. The van der Waals surface area contributed by atoms with E-state index in [1.54, 1.807) is 0 Å². The molecular formula is C7H16BNO3. The average Bonchev–Trinajstić information content (AvgIpc) is 2.06. The molecule has 0 aromatic heterocycles. The molecule has 0 bridgehead atoms. The second-order valence-corrected chi connectivity index (χ2v) is 3.10. The lowest BCUT2D eigenvalue weighted by Crippen LogP contribution is -2.43. The van der Waals surface area contributed by atoms with Crippen LogP contribution >= 0.6 is 0 Å². The van der Waals surface area contributed by atoms with E-state index in [1.165, 1.54) is 0 Å². The Morgan fingerprint density at radius 2 is 2.25 bits per heavy atom. The first-order chi connectivity index (χ1) is 5.74. The van der Waals surface area contributed by atoms with Gasteiger partial charge >= 0.3 is 7.12 Å². The van der Waals surface area contributed by atoms with Gasteiger partial charge in [0.1, 0.15) is 6.23 Å². The van der Waals surface area contributed by atoms with Crippen LogP contribution in [0.25, 0.3) is 0 Å². The van der Waals surface area contributed by atoms with E-state index in [4.69, 9.17) is 14.8 Å². The molecule has 4 nitrogen and oxygen atoms in total. The molecule has 1 saturated heterocycles. The van der Waals surface area contributed by atoms with Gasteiger partial charge in [-0.3, -0.25) is 5.32 Å². The predicted octanol–water partition coefficient (Wildman–Crippen LogP) is -0.425. The molecule has 0 aromatic carbocycles. The normalized spacial score (nSPS) is 30.2. The highest BCUT2D eigenvalue weighted by atomic mass is 16.5. The van der Waals surface area contributed by atoms with Gasteiger partial charge in [-0.15, -0.1) is 0 Å². The highest BCUT2D eigenvalue weighted by molar-refractivity contribution is 6.43. The van der Waals surface area contributed by atoms with E-state index in [-0.39, 0.29) is 12.0 Å². The predicted molar refractivity (Wildman–Crippen MR) is 46.6 cm³/mol. The lowest BCUT2D eigenvalue weighted by atomic mass is 9.69. The van der Waals surface area contributed by atoms with Gasteiger partial charge in [0.15, 0.2) is 0 Å². The van der Waals surface area contributed by atoms with E-state index in [0.717, 1.165) is 12.8 Å². The fourth-order valence-corrected chi connectivity index (χ4v) is 1.45. The van der Waals surface area contributed by atoms with Gasteiger partial charge in [-0.1, -0.05) is 0 Å². The lowest BCUT2D eigenvalue weighted by Gasteiger charge is -2.28. The first-order valence-corrected chi connectivity index (χ1v) is 4.45. The van der Waals surface area contributed by atoms with Crippen molar-refractivity contribution in [3.05, 3.63) is 0 Å². The molecular weight excluding hydrogens is 157 g/mol. The van der Waals surface area contributed by atoms with Crippen LogP contribution in [0.5, 0.6) is 0 Å². The zero-order valence-electron chi connectivity index (χ0n) is 7.36. The second-order valence-electron chi connectivity index (χ2n) is 3.10. The minimum Gasteiger partial charge on any atom is -0.427 e. The highest BCUT2D eigenvalue weighted by Gasteiger charge is 2.28. The fraction of sp³-hybridized carbons (Fsp3) is 1.00. The summed E-state index contributed by atoms with van der Waals surface area (Å²) in [6.07, 6.45) is 1.77. The van der Waals surface area contributed by atoms with Crippen molar-refractivity contribution >= 4 is 7.12 Å². The van der Waals surface area contributed by atoms with Crippen molar-refractivity contribution < 1.29 is 14.8 Å². The molecule has 1 rings (SSSR count). The first-order valence-electron chi connectivity index (χ1n) is 4.45. The standard InChI is InChI=1S/C7H16BNO3/c1-2-12-7-4-3-6(5-9-7)8(10)11/h6-7,9-11H,2-5H2,1H3. The summed E-state index contributed by atoms with van der Waals surface area (Å²) in [4.78, 5) is 0. The molecule has 12 heavy (non-hydrogen) atoms. The van der Waals surface area contributed by atoms with Crippen LogP contribution in [0.15, 0.2) is 0 Å².